The molecule has 0 radical (unpaired) electrons. The summed E-state index contributed by atoms with van der Waals surface area (Å²) in [6.07, 6.45) is 1.86. The molecule has 128 valence electrons. The van der Waals surface area contributed by atoms with Gasteiger partial charge in [-0.2, -0.15) is 0 Å². The zero-order valence-electron chi connectivity index (χ0n) is 14.1. The Morgan fingerprint density at radius 2 is 1.88 bits per heavy atom. The summed E-state index contributed by atoms with van der Waals surface area (Å²) in [5.41, 5.74) is 11.7. The van der Waals surface area contributed by atoms with Crippen LogP contribution >= 0.6 is 0 Å². The van der Waals surface area contributed by atoms with E-state index in [4.69, 9.17) is 5.73 Å². The Kier molecular flexibility index (Phi) is 4.11. The number of nitrogens with zero attached hydrogens (tertiary/aromatic N) is 1. The van der Waals surface area contributed by atoms with E-state index in [-0.39, 0.29) is 0 Å². The number of rotatable bonds is 4. The zero-order valence-corrected chi connectivity index (χ0v) is 14.1. The van der Waals surface area contributed by atoms with Crippen molar-refractivity contribution in [3.8, 4) is 11.1 Å². The molecule has 4 rings (SSSR count). The molecule has 3 aromatic carbocycles. The highest BCUT2D eigenvalue weighted by molar-refractivity contribution is 6.03. The van der Waals surface area contributed by atoms with Crippen molar-refractivity contribution in [3.05, 3.63) is 77.9 Å². The lowest BCUT2D eigenvalue weighted by molar-refractivity contribution is 0.100. The van der Waals surface area contributed by atoms with Crippen LogP contribution in [0.3, 0.4) is 0 Å². The topological polar surface area (TPSA) is 79.5 Å². The van der Waals surface area contributed by atoms with Crippen molar-refractivity contribution < 1.29 is 4.79 Å². The average Bonchev–Trinajstić information content (AvgIpc) is 2.68. The minimum Gasteiger partial charge on any atom is -0.366 e. The quantitative estimate of drug-likeness (QED) is 0.670. The van der Waals surface area contributed by atoms with Gasteiger partial charge in [-0.3, -0.25) is 9.79 Å². The first-order valence-electron chi connectivity index (χ1n) is 8.35. The molecule has 1 aliphatic rings. The van der Waals surface area contributed by atoms with Gasteiger partial charge >= 0.3 is 0 Å². The van der Waals surface area contributed by atoms with Gasteiger partial charge in [-0.25, -0.2) is 0 Å². The lowest BCUT2D eigenvalue weighted by Gasteiger charge is -2.17. The van der Waals surface area contributed by atoms with Gasteiger partial charge in [0.15, 0.2) is 0 Å². The van der Waals surface area contributed by atoms with E-state index in [1.165, 1.54) is 0 Å². The predicted octanol–water partition coefficient (Wildman–Crippen LogP) is 4.00. The van der Waals surface area contributed by atoms with Crippen LogP contribution in [-0.4, -0.2) is 18.8 Å². The monoisotopic (exact) mass is 342 g/mol. The SMILES string of the molecule is NC(=O)c1cccc(Nc2ccc3c(c2)C=NCN3)c1-c1ccccc1. The smallest absolute Gasteiger partial charge is 0.249 e. The van der Waals surface area contributed by atoms with E-state index < -0.39 is 5.91 Å². The van der Waals surface area contributed by atoms with E-state index in [0.717, 1.165) is 33.8 Å². The Morgan fingerprint density at radius 3 is 2.69 bits per heavy atom. The average molecular weight is 342 g/mol. The fraction of sp³-hybridized carbons (Fsp3) is 0.0476. The standard InChI is InChI=1S/C21H18N4O/c22-21(26)17-7-4-8-19(20(17)14-5-2-1-3-6-14)25-16-9-10-18-15(11-16)12-23-13-24-18/h1-12,24-25H,13H2,(H2,22,26). The molecule has 0 bridgehead atoms. The number of benzene rings is 3. The molecular weight excluding hydrogens is 324 g/mol. The van der Waals surface area contributed by atoms with Gasteiger partial charge in [0.1, 0.15) is 6.67 Å². The molecule has 0 unspecified atom stereocenters. The van der Waals surface area contributed by atoms with E-state index >= 15 is 0 Å². The molecule has 1 aliphatic heterocycles. The normalized spacial score (nSPS) is 12.2. The van der Waals surface area contributed by atoms with Gasteiger partial charge < -0.3 is 16.4 Å². The van der Waals surface area contributed by atoms with Crippen LogP contribution in [0.4, 0.5) is 17.1 Å². The van der Waals surface area contributed by atoms with E-state index in [2.05, 4.69) is 15.6 Å². The Hall–Kier alpha value is -3.60. The molecule has 4 N–H and O–H groups in total. The molecular formula is C21H18N4O. The first-order chi connectivity index (χ1) is 12.7. The first-order valence-corrected chi connectivity index (χ1v) is 8.35. The molecule has 0 fully saturated rings. The summed E-state index contributed by atoms with van der Waals surface area (Å²) in [7, 11) is 0. The van der Waals surface area contributed by atoms with Crippen LogP contribution in [0.15, 0.2) is 71.7 Å². The number of primary amides is 1. The summed E-state index contributed by atoms with van der Waals surface area (Å²) in [5, 5.41) is 6.65. The lowest BCUT2D eigenvalue weighted by Crippen LogP contribution is -2.13. The number of anilines is 3. The first kappa shape index (κ1) is 15.9. The predicted molar refractivity (Wildman–Crippen MR) is 106 cm³/mol. The number of hydrogen-bond acceptors (Lipinski definition) is 4. The summed E-state index contributed by atoms with van der Waals surface area (Å²) >= 11 is 0. The van der Waals surface area contributed by atoms with Crippen molar-refractivity contribution in [2.45, 2.75) is 0 Å². The number of aliphatic imine (C=N–C) groups is 1. The van der Waals surface area contributed by atoms with Gasteiger partial charge in [-0.1, -0.05) is 36.4 Å². The van der Waals surface area contributed by atoms with Crippen LogP contribution in [-0.2, 0) is 0 Å². The molecule has 1 amide bonds. The van der Waals surface area contributed by atoms with Crippen LogP contribution < -0.4 is 16.4 Å². The maximum atomic E-state index is 12.0. The van der Waals surface area contributed by atoms with E-state index in [1.54, 1.807) is 6.07 Å². The summed E-state index contributed by atoms with van der Waals surface area (Å²) in [4.78, 5) is 16.2. The lowest BCUT2D eigenvalue weighted by atomic mass is 9.97. The van der Waals surface area contributed by atoms with Crippen molar-refractivity contribution in [3.63, 3.8) is 0 Å². The Labute approximate surface area is 151 Å². The molecule has 0 aliphatic carbocycles. The molecule has 0 saturated carbocycles. The Bertz CT molecular complexity index is 996. The van der Waals surface area contributed by atoms with E-state index in [9.17, 15) is 4.79 Å². The van der Waals surface area contributed by atoms with Crippen molar-refractivity contribution in [1.82, 2.24) is 0 Å². The number of carbonyl (C=O) groups excluding carboxylic acids is 1. The molecule has 0 aromatic heterocycles. The fourth-order valence-electron chi connectivity index (χ4n) is 3.12. The minimum absolute atomic E-state index is 0.450. The third-order valence-electron chi connectivity index (χ3n) is 4.31. The van der Waals surface area contributed by atoms with Gasteiger partial charge in [0, 0.05) is 40.0 Å². The molecule has 0 atom stereocenters. The Morgan fingerprint density at radius 1 is 1.04 bits per heavy atom. The maximum Gasteiger partial charge on any atom is 0.249 e. The van der Waals surface area contributed by atoms with Gasteiger partial charge in [0.05, 0.1) is 0 Å². The highest BCUT2D eigenvalue weighted by Crippen LogP contribution is 2.34. The van der Waals surface area contributed by atoms with Gasteiger partial charge in [-0.05, 0) is 35.9 Å². The molecule has 5 heteroatoms. The number of nitrogens with one attached hydrogen (secondary N) is 2. The summed E-state index contributed by atoms with van der Waals surface area (Å²) in [5.74, 6) is -0.450. The van der Waals surface area contributed by atoms with Gasteiger partial charge in [0.2, 0.25) is 5.91 Å². The molecule has 1 heterocycles. The molecule has 5 nitrogen and oxygen atoms in total. The summed E-state index contributed by atoms with van der Waals surface area (Å²) in [6.45, 7) is 0.596. The van der Waals surface area contributed by atoms with E-state index in [0.29, 0.717) is 12.2 Å². The second-order valence-electron chi connectivity index (χ2n) is 6.03. The molecule has 0 saturated heterocycles. The van der Waals surface area contributed by atoms with Crippen molar-refractivity contribution in [2.75, 3.05) is 17.3 Å². The van der Waals surface area contributed by atoms with Crippen LogP contribution in [0.1, 0.15) is 15.9 Å². The summed E-state index contributed by atoms with van der Waals surface area (Å²) in [6, 6.07) is 21.3. The zero-order chi connectivity index (χ0) is 17.9. The maximum absolute atomic E-state index is 12.0. The van der Waals surface area contributed by atoms with E-state index in [1.807, 2.05) is 66.9 Å². The molecule has 3 aromatic rings. The van der Waals surface area contributed by atoms with Crippen LogP contribution in [0.5, 0.6) is 0 Å². The number of hydrogen-bond donors (Lipinski definition) is 3. The number of nitrogens with two attached hydrogens (primary N) is 1. The minimum atomic E-state index is -0.450. The van der Waals surface area contributed by atoms with Gasteiger partial charge in [0.25, 0.3) is 0 Å². The second kappa shape index (κ2) is 6.72. The van der Waals surface area contributed by atoms with Crippen molar-refractivity contribution in [2.24, 2.45) is 10.7 Å². The van der Waals surface area contributed by atoms with Crippen molar-refractivity contribution in [1.29, 1.82) is 0 Å². The number of carbonyl (C=O) groups is 1. The Balaban J connectivity index is 1.79. The third kappa shape index (κ3) is 3.02. The van der Waals surface area contributed by atoms with Gasteiger partial charge in [-0.15, -0.1) is 0 Å². The molecule has 26 heavy (non-hydrogen) atoms. The fourth-order valence-corrected chi connectivity index (χ4v) is 3.12. The largest absolute Gasteiger partial charge is 0.366 e. The number of amides is 1. The second-order valence-corrected chi connectivity index (χ2v) is 6.03. The highest BCUT2D eigenvalue weighted by Gasteiger charge is 2.15. The van der Waals surface area contributed by atoms with Crippen molar-refractivity contribution >= 4 is 29.2 Å². The third-order valence-corrected chi connectivity index (χ3v) is 4.31. The van der Waals surface area contributed by atoms with Crippen LogP contribution in [0.2, 0.25) is 0 Å². The number of fused-ring (bicyclic) bond motifs is 1. The summed E-state index contributed by atoms with van der Waals surface area (Å²) < 4.78 is 0. The molecule has 0 spiro atoms. The van der Waals surface area contributed by atoms with Crippen LogP contribution in [0.25, 0.3) is 11.1 Å². The van der Waals surface area contributed by atoms with Crippen LogP contribution in [0, 0.1) is 0 Å². The highest BCUT2D eigenvalue weighted by atomic mass is 16.1.